The molecule has 1 aromatic carbocycles. The van der Waals surface area contributed by atoms with Gasteiger partial charge in [-0.1, -0.05) is 18.2 Å². The molecule has 1 aliphatic rings. The van der Waals surface area contributed by atoms with Crippen LogP contribution in [0.3, 0.4) is 0 Å². The van der Waals surface area contributed by atoms with E-state index < -0.39 is 0 Å². The highest BCUT2D eigenvalue weighted by molar-refractivity contribution is 7.11. The number of carbonyl (C=O) groups is 1. The molecule has 2 heterocycles. The molecule has 5 heteroatoms. The maximum absolute atomic E-state index is 12.3. The summed E-state index contributed by atoms with van der Waals surface area (Å²) in [5.41, 5.74) is 3.21. The molecule has 0 radical (unpaired) electrons. The Labute approximate surface area is 141 Å². The van der Waals surface area contributed by atoms with Crippen LogP contribution in [0.25, 0.3) is 0 Å². The van der Waals surface area contributed by atoms with E-state index in [0.717, 1.165) is 35.9 Å². The van der Waals surface area contributed by atoms with E-state index in [0.29, 0.717) is 11.6 Å². The van der Waals surface area contributed by atoms with Crippen molar-refractivity contribution in [3.63, 3.8) is 0 Å². The normalized spacial score (nSPS) is 17.5. The molecule has 2 aromatic rings. The molecular weight excluding hydrogens is 306 g/mol. The standard InChI is InChI=1S/C18H23N3OS/c1-12-6-4-5-7-16(12)21-9-8-15(11-21)10-19-18(22)17-13(2)23-14(3)20-17/h4-7,15H,8-11H2,1-3H3,(H,19,22). The highest BCUT2D eigenvalue weighted by atomic mass is 32.1. The lowest BCUT2D eigenvalue weighted by atomic mass is 10.1. The first kappa shape index (κ1) is 16.0. The number of benzene rings is 1. The zero-order chi connectivity index (χ0) is 16.4. The highest BCUT2D eigenvalue weighted by Gasteiger charge is 2.24. The quantitative estimate of drug-likeness (QED) is 0.936. The zero-order valence-electron chi connectivity index (χ0n) is 13.9. The minimum Gasteiger partial charge on any atom is -0.371 e. The van der Waals surface area contributed by atoms with Crippen LogP contribution < -0.4 is 10.2 Å². The second kappa shape index (κ2) is 6.71. The number of aromatic nitrogens is 1. The predicted molar refractivity (Wildman–Crippen MR) is 95.4 cm³/mol. The van der Waals surface area contributed by atoms with Crippen LogP contribution in [0, 0.1) is 26.7 Å². The fraction of sp³-hybridized carbons (Fsp3) is 0.444. The molecule has 122 valence electrons. The second-order valence-electron chi connectivity index (χ2n) is 6.23. The largest absolute Gasteiger partial charge is 0.371 e. The van der Waals surface area contributed by atoms with Gasteiger partial charge in [-0.15, -0.1) is 11.3 Å². The number of nitrogens with one attached hydrogen (secondary N) is 1. The third-order valence-electron chi connectivity index (χ3n) is 4.41. The molecule has 0 bridgehead atoms. The van der Waals surface area contributed by atoms with Crippen LogP contribution in [0.2, 0.25) is 0 Å². The summed E-state index contributed by atoms with van der Waals surface area (Å²) in [4.78, 5) is 20.0. The van der Waals surface area contributed by atoms with E-state index in [-0.39, 0.29) is 5.91 Å². The molecule has 1 N–H and O–H groups in total. The Morgan fingerprint density at radius 2 is 2.13 bits per heavy atom. The van der Waals surface area contributed by atoms with E-state index in [2.05, 4.69) is 46.4 Å². The Bertz CT molecular complexity index is 710. The molecule has 3 rings (SSSR count). The van der Waals surface area contributed by atoms with Crippen molar-refractivity contribution in [2.24, 2.45) is 5.92 Å². The fourth-order valence-electron chi connectivity index (χ4n) is 3.20. The SMILES string of the molecule is Cc1nc(C(=O)NCC2CCN(c3ccccc3C)C2)c(C)s1. The molecule has 1 saturated heterocycles. The number of nitrogens with zero attached hydrogens (tertiary/aromatic N) is 2. The molecule has 23 heavy (non-hydrogen) atoms. The Kier molecular flexibility index (Phi) is 4.66. The first-order valence-corrected chi connectivity index (χ1v) is 8.89. The topological polar surface area (TPSA) is 45.2 Å². The third kappa shape index (κ3) is 3.55. The molecule has 0 spiro atoms. The van der Waals surface area contributed by atoms with E-state index >= 15 is 0 Å². The lowest BCUT2D eigenvalue weighted by Crippen LogP contribution is -2.31. The zero-order valence-corrected chi connectivity index (χ0v) is 14.7. The molecule has 1 aromatic heterocycles. The van der Waals surface area contributed by atoms with Gasteiger partial charge in [0, 0.05) is 30.2 Å². The Balaban J connectivity index is 1.55. The van der Waals surface area contributed by atoms with Crippen molar-refractivity contribution in [3.8, 4) is 0 Å². The van der Waals surface area contributed by atoms with Crippen LogP contribution in [0.1, 0.15) is 32.4 Å². The van der Waals surface area contributed by atoms with Gasteiger partial charge < -0.3 is 10.2 Å². The van der Waals surface area contributed by atoms with Crippen molar-refractivity contribution in [3.05, 3.63) is 45.4 Å². The maximum atomic E-state index is 12.3. The van der Waals surface area contributed by atoms with Gasteiger partial charge in [0.1, 0.15) is 5.69 Å². The van der Waals surface area contributed by atoms with Crippen LogP contribution in [0.15, 0.2) is 24.3 Å². The number of anilines is 1. The van der Waals surface area contributed by atoms with Crippen LogP contribution in [-0.2, 0) is 0 Å². The first-order valence-electron chi connectivity index (χ1n) is 8.07. The summed E-state index contributed by atoms with van der Waals surface area (Å²) in [6, 6.07) is 8.49. The number of rotatable bonds is 4. The summed E-state index contributed by atoms with van der Waals surface area (Å²) in [6.07, 6.45) is 1.11. The van der Waals surface area contributed by atoms with Crippen LogP contribution >= 0.6 is 11.3 Å². The molecular formula is C18H23N3OS. The monoisotopic (exact) mass is 329 g/mol. The smallest absolute Gasteiger partial charge is 0.271 e. The lowest BCUT2D eigenvalue weighted by molar-refractivity contribution is 0.0943. The first-order chi connectivity index (χ1) is 11.0. The van der Waals surface area contributed by atoms with Crippen molar-refractivity contribution in [1.29, 1.82) is 0 Å². The van der Waals surface area contributed by atoms with E-state index in [4.69, 9.17) is 0 Å². The van der Waals surface area contributed by atoms with Gasteiger partial charge >= 0.3 is 0 Å². The van der Waals surface area contributed by atoms with E-state index in [1.54, 1.807) is 11.3 Å². The molecule has 1 aliphatic heterocycles. The van der Waals surface area contributed by atoms with Gasteiger partial charge in [-0.2, -0.15) is 0 Å². The van der Waals surface area contributed by atoms with Gasteiger partial charge in [0.05, 0.1) is 5.01 Å². The molecule has 1 fully saturated rings. The van der Waals surface area contributed by atoms with E-state index in [1.807, 2.05) is 13.8 Å². The number of thiazole rings is 1. The van der Waals surface area contributed by atoms with Crippen molar-refractivity contribution in [2.45, 2.75) is 27.2 Å². The third-order valence-corrected chi connectivity index (χ3v) is 5.30. The van der Waals surface area contributed by atoms with E-state index in [9.17, 15) is 4.79 Å². The summed E-state index contributed by atoms with van der Waals surface area (Å²) < 4.78 is 0. The molecule has 1 unspecified atom stereocenters. The molecule has 1 atom stereocenters. The molecule has 4 nitrogen and oxygen atoms in total. The summed E-state index contributed by atoms with van der Waals surface area (Å²) in [7, 11) is 0. The number of hydrogen-bond donors (Lipinski definition) is 1. The van der Waals surface area contributed by atoms with Gasteiger partial charge in [0.25, 0.3) is 5.91 Å². The summed E-state index contributed by atoms with van der Waals surface area (Å²) in [5.74, 6) is 0.458. The predicted octanol–water partition coefficient (Wildman–Crippen LogP) is 3.32. The average molecular weight is 329 g/mol. The van der Waals surface area contributed by atoms with Crippen molar-refractivity contribution < 1.29 is 4.79 Å². The number of hydrogen-bond acceptors (Lipinski definition) is 4. The van der Waals surface area contributed by atoms with Crippen molar-refractivity contribution in [1.82, 2.24) is 10.3 Å². The number of para-hydroxylation sites is 1. The van der Waals surface area contributed by atoms with Crippen molar-refractivity contribution >= 4 is 22.9 Å². The number of amides is 1. The number of carbonyl (C=O) groups excluding carboxylic acids is 1. The average Bonchev–Trinajstić information content (AvgIpc) is 3.12. The lowest BCUT2D eigenvalue weighted by Gasteiger charge is -2.21. The van der Waals surface area contributed by atoms with Gasteiger partial charge in [0.2, 0.25) is 0 Å². The summed E-state index contributed by atoms with van der Waals surface area (Å²) in [5, 5.41) is 4.00. The minimum atomic E-state index is -0.0406. The van der Waals surface area contributed by atoms with Gasteiger partial charge in [-0.25, -0.2) is 4.98 Å². The summed E-state index contributed by atoms with van der Waals surface area (Å²) in [6.45, 7) is 8.82. The van der Waals surface area contributed by atoms with Crippen LogP contribution in [0.5, 0.6) is 0 Å². The Morgan fingerprint density at radius 3 is 2.83 bits per heavy atom. The Morgan fingerprint density at radius 1 is 1.35 bits per heavy atom. The van der Waals surface area contributed by atoms with Crippen molar-refractivity contribution in [2.75, 3.05) is 24.5 Å². The van der Waals surface area contributed by atoms with Gasteiger partial charge in [-0.05, 0) is 44.7 Å². The van der Waals surface area contributed by atoms with Crippen LogP contribution in [0.4, 0.5) is 5.69 Å². The molecule has 0 saturated carbocycles. The second-order valence-corrected chi connectivity index (χ2v) is 7.64. The van der Waals surface area contributed by atoms with Gasteiger partial charge in [0.15, 0.2) is 0 Å². The molecule has 0 aliphatic carbocycles. The summed E-state index contributed by atoms with van der Waals surface area (Å²) >= 11 is 1.57. The maximum Gasteiger partial charge on any atom is 0.271 e. The Hall–Kier alpha value is -1.88. The molecule has 1 amide bonds. The van der Waals surface area contributed by atoms with Crippen LogP contribution in [-0.4, -0.2) is 30.5 Å². The van der Waals surface area contributed by atoms with Gasteiger partial charge in [-0.3, -0.25) is 4.79 Å². The highest BCUT2D eigenvalue weighted by Crippen LogP contribution is 2.26. The van der Waals surface area contributed by atoms with E-state index in [1.165, 1.54) is 11.3 Å². The fourth-order valence-corrected chi connectivity index (χ4v) is 4.01. The minimum absolute atomic E-state index is 0.0406. The number of aryl methyl sites for hydroxylation is 3.